The summed E-state index contributed by atoms with van der Waals surface area (Å²) in [5, 5.41) is 3.22. The maximum atomic E-state index is 12.4. The van der Waals surface area contributed by atoms with Crippen molar-refractivity contribution < 1.29 is 19.2 Å². The predicted octanol–water partition coefficient (Wildman–Crippen LogP) is 1.46. The van der Waals surface area contributed by atoms with Crippen molar-refractivity contribution in [3.8, 4) is 5.75 Å². The molecule has 0 aliphatic rings. The molecule has 0 saturated carbocycles. The van der Waals surface area contributed by atoms with Crippen molar-refractivity contribution >= 4 is 29.1 Å². The third kappa shape index (κ3) is 6.58. The molecule has 2 amide bonds. The van der Waals surface area contributed by atoms with Crippen LogP contribution in [0, 0.1) is 0 Å². The lowest BCUT2D eigenvalue weighted by molar-refractivity contribution is -0.885. The van der Waals surface area contributed by atoms with Gasteiger partial charge in [0.05, 0.1) is 26.4 Å². The molecule has 0 saturated heterocycles. The van der Waals surface area contributed by atoms with E-state index in [4.69, 9.17) is 16.3 Å². The first-order valence-electron chi connectivity index (χ1n) is 8.61. The number of hydrogen-bond donors (Lipinski definition) is 2. The normalized spacial score (nSPS) is 11.6. The fourth-order valence-corrected chi connectivity index (χ4v) is 2.84. The Morgan fingerprint density at radius 3 is 2.56 bits per heavy atom. The molecule has 0 spiro atoms. The second-order valence-corrected chi connectivity index (χ2v) is 6.88. The summed E-state index contributed by atoms with van der Waals surface area (Å²) in [6.45, 7) is 0.999. The van der Waals surface area contributed by atoms with Crippen molar-refractivity contribution in [1.82, 2.24) is 4.90 Å². The monoisotopic (exact) mass is 390 g/mol. The molecule has 0 bridgehead atoms. The molecule has 0 radical (unpaired) electrons. The van der Waals surface area contributed by atoms with Crippen molar-refractivity contribution in [2.24, 2.45) is 0 Å². The van der Waals surface area contributed by atoms with E-state index < -0.39 is 0 Å². The van der Waals surface area contributed by atoms with Gasteiger partial charge in [-0.3, -0.25) is 9.59 Å². The van der Waals surface area contributed by atoms with Crippen molar-refractivity contribution in [2.45, 2.75) is 6.54 Å². The minimum Gasteiger partial charge on any atom is -0.495 e. The third-order valence-electron chi connectivity index (χ3n) is 4.04. The van der Waals surface area contributed by atoms with Crippen molar-refractivity contribution in [3.63, 3.8) is 0 Å². The number of methoxy groups -OCH3 is 1. The van der Waals surface area contributed by atoms with Crippen LogP contribution in [0.3, 0.4) is 0 Å². The number of hydrogen-bond acceptors (Lipinski definition) is 3. The van der Waals surface area contributed by atoms with Crippen LogP contribution in [0.2, 0.25) is 5.02 Å². The van der Waals surface area contributed by atoms with E-state index in [-0.39, 0.29) is 18.4 Å². The largest absolute Gasteiger partial charge is 0.495 e. The average molecular weight is 391 g/mol. The first-order valence-corrected chi connectivity index (χ1v) is 8.99. The number of quaternary nitrogens is 1. The molecule has 27 heavy (non-hydrogen) atoms. The number of carbonyl (C=O) groups excluding carboxylic acids is 2. The Morgan fingerprint density at radius 1 is 1.19 bits per heavy atom. The van der Waals surface area contributed by atoms with Crippen LogP contribution in [0.4, 0.5) is 5.69 Å². The summed E-state index contributed by atoms with van der Waals surface area (Å²) in [6, 6.07) is 14.9. The Labute approximate surface area is 164 Å². The quantitative estimate of drug-likeness (QED) is 0.717. The minimum absolute atomic E-state index is 0.0485. The Hall–Kier alpha value is -2.57. The van der Waals surface area contributed by atoms with Gasteiger partial charge < -0.3 is 19.9 Å². The van der Waals surface area contributed by atoms with Gasteiger partial charge in [-0.05, 0) is 18.2 Å². The number of amides is 2. The highest BCUT2D eigenvalue weighted by Crippen LogP contribution is 2.27. The Morgan fingerprint density at radius 2 is 1.89 bits per heavy atom. The fraction of sp³-hybridized carbons (Fsp3) is 0.300. The topological polar surface area (TPSA) is 63.1 Å². The Bertz CT molecular complexity index is 783. The zero-order valence-corrected chi connectivity index (χ0v) is 16.5. The van der Waals surface area contributed by atoms with Crippen LogP contribution < -0.4 is 15.0 Å². The van der Waals surface area contributed by atoms with Crippen LogP contribution in [0.25, 0.3) is 0 Å². The SMILES string of the molecule is COc1ccc(Cl)cc1NC(=O)CN(C)C(=O)C[NH+](C)Cc1ccccc1. The average Bonchev–Trinajstić information content (AvgIpc) is 2.62. The standard InChI is InChI=1S/C20H24ClN3O3/c1-23(12-15-7-5-4-6-8-15)14-20(26)24(2)13-19(25)22-17-11-16(21)9-10-18(17)27-3/h4-11H,12-14H2,1-3H3,(H,22,25)/p+1. The summed E-state index contributed by atoms with van der Waals surface area (Å²) in [5.74, 6) is 0.0949. The van der Waals surface area contributed by atoms with E-state index in [1.54, 1.807) is 25.2 Å². The number of benzene rings is 2. The summed E-state index contributed by atoms with van der Waals surface area (Å²) in [6.07, 6.45) is 0. The van der Waals surface area contributed by atoms with Crippen LogP contribution in [0.5, 0.6) is 5.75 Å². The van der Waals surface area contributed by atoms with Crippen molar-refractivity contribution in [1.29, 1.82) is 0 Å². The van der Waals surface area contributed by atoms with Crippen molar-refractivity contribution in [2.75, 3.05) is 39.6 Å². The lowest BCUT2D eigenvalue weighted by Crippen LogP contribution is -3.08. The molecule has 0 aliphatic carbocycles. The second kappa shape index (κ2) is 9.94. The van der Waals surface area contributed by atoms with E-state index in [2.05, 4.69) is 5.32 Å². The molecule has 2 N–H and O–H groups in total. The number of ether oxygens (including phenoxy) is 1. The number of carbonyl (C=O) groups is 2. The summed E-state index contributed by atoms with van der Waals surface area (Å²) in [7, 11) is 5.09. The van der Waals surface area contributed by atoms with Gasteiger partial charge in [0.2, 0.25) is 5.91 Å². The molecule has 2 aromatic rings. The van der Waals surface area contributed by atoms with Gasteiger partial charge in [-0.1, -0.05) is 41.9 Å². The molecule has 144 valence electrons. The Kier molecular flexibility index (Phi) is 7.64. The van der Waals surface area contributed by atoms with Gasteiger partial charge >= 0.3 is 0 Å². The molecular formula is C20H25ClN3O3+. The van der Waals surface area contributed by atoms with Gasteiger partial charge in [0, 0.05) is 17.6 Å². The van der Waals surface area contributed by atoms with Crippen LogP contribution in [-0.4, -0.2) is 51.0 Å². The molecule has 0 heterocycles. The summed E-state index contributed by atoms with van der Waals surface area (Å²) >= 11 is 5.96. The zero-order chi connectivity index (χ0) is 19.8. The van der Waals surface area contributed by atoms with Crippen LogP contribution in [0.15, 0.2) is 48.5 Å². The van der Waals surface area contributed by atoms with Gasteiger partial charge in [-0.15, -0.1) is 0 Å². The molecule has 0 aromatic heterocycles. The third-order valence-corrected chi connectivity index (χ3v) is 4.28. The minimum atomic E-state index is -0.313. The van der Waals surface area contributed by atoms with Gasteiger partial charge in [0.25, 0.3) is 5.91 Å². The lowest BCUT2D eigenvalue weighted by atomic mass is 10.2. The summed E-state index contributed by atoms with van der Waals surface area (Å²) < 4.78 is 5.21. The van der Waals surface area contributed by atoms with Crippen LogP contribution in [0.1, 0.15) is 5.56 Å². The number of nitrogens with zero attached hydrogens (tertiary/aromatic N) is 1. The van der Waals surface area contributed by atoms with E-state index in [0.717, 1.165) is 17.0 Å². The zero-order valence-electron chi connectivity index (χ0n) is 15.8. The van der Waals surface area contributed by atoms with E-state index in [0.29, 0.717) is 23.0 Å². The molecule has 0 aliphatic heterocycles. The number of rotatable bonds is 8. The number of likely N-dealkylation sites (N-methyl/N-ethyl adjacent to an activating group) is 2. The molecule has 7 heteroatoms. The van der Waals surface area contributed by atoms with Gasteiger partial charge in [0.15, 0.2) is 6.54 Å². The van der Waals surface area contributed by atoms with Crippen LogP contribution >= 0.6 is 11.6 Å². The maximum Gasteiger partial charge on any atom is 0.277 e. The molecule has 1 unspecified atom stereocenters. The Balaban J connectivity index is 1.86. The van der Waals surface area contributed by atoms with Gasteiger partial charge in [0.1, 0.15) is 12.3 Å². The summed E-state index contributed by atoms with van der Waals surface area (Å²) in [4.78, 5) is 27.1. The number of nitrogens with one attached hydrogen (secondary N) is 2. The molecule has 0 fully saturated rings. The fourth-order valence-electron chi connectivity index (χ4n) is 2.67. The lowest BCUT2D eigenvalue weighted by Gasteiger charge is -2.20. The van der Waals surface area contributed by atoms with E-state index in [1.807, 2.05) is 37.4 Å². The first kappa shape index (κ1) is 20.7. The molecular weight excluding hydrogens is 366 g/mol. The number of halogens is 1. The van der Waals surface area contributed by atoms with Crippen LogP contribution in [-0.2, 0) is 16.1 Å². The summed E-state index contributed by atoms with van der Waals surface area (Å²) in [5.41, 5.74) is 1.64. The van der Waals surface area contributed by atoms with Gasteiger partial charge in [-0.2, -0.15) is 0 Å². The first-order chi connectivity index (χ1) is 12.9. The van der Waals surface area contributed by atoms with Gasteiger partial charge in [-0.25, -0.2) is 0 Å². The highest BCUT2D eigenvalue weighted by molar-refractivity contribution is 6.31. The van der Waals surface area contributed by atoms with E-state index in [9.17, 15) is 9.59 Å². The van der Waals surface area contributed by atoms with E-state index in [1.165, 1.54) is 12.0 Å². The smallest absolute Gasteiger partial charge is 0.277 e. The van der Waals surface area contributed by atoms with Crippen molar-refractivity contribution in [3.05, 3.63) is 59.1 Å². The molecule has 2 aromatic carbocycles. The number of anilines is 1. The second-order valence-electron chi connectivity index (χ2n) is 6.44. The maximum absolute atomic E-state index is 12.4. The highest BCUT2D eigenvalue weighted by Gasteiger charge is 2.18. The molecule has 6 nitrogen and oxygen atoms in total. The molecule has 1 atom stereocenters. The predicted molar refractivity (Wildman–Crippen MR) is 106 cm³/mol. The highest BCUT2D eigenvalue weighted by atomic mass is 35.5. The molecule has 2 rings (SSSR count). The van der Waals surface area contributed by atoms with E-state index >= 15 is 0 Å².